The summed E-state index contributed by atoms with van der Waals surface area (Å²) in [4.78, 5) is 10.3. The van der Waals surface area contributed by atoms with Gasteiger partial charge in [-0.1, -0.05) is 35.4 Å². The number of anilines is 1. The zero-order chi connectivity index (χ0) is 12.3. The first-order chi connectivity index (χ1) is 8.18. The lowest BCUT2D eigenvalue weighted by Crippen LogP contribution is -2.02. The smallest absolute Gasteiger partial charge is 0.366 e. The second kappa shape index (κ2) is 4.65. The van der Waals surface area contributed by atoms with E-state index in [9.17, 15) is 10.1 Å². The Hall–Kier alpha value is -2.37. The van der Waals surface area contributed by atoms with Crippen molar-refractivity contribution in [1.82, 2.24) is 10.2 Å². The predicted molar refractivity (Wildman–Crippen MR) is 63.7 cm³/mol. The molecule has 0 spiro atoms. The van der Waals surface area contributed by atoms with Gasteiger partial charge in [-0.2, -0.15) is 0 Å². The van der Waals surface area contributed by atoms with Gasteiger partial charge in [-0.3, -0.25) is 0 Å². The van der Waals surface area contributed by atoms with Gasteiger partial charge in [-0.15, -0.1) is 5.10 Å². The zero-order valence-electron chi connectivity index (χ0n) is 9.30. The van der Waals surface area contributed by atoms with E-state index in [4.69, 9.17) is 0 Å². The molecule has 1 heterocycles. The molecule has 17 heavy (non-hydrogen) atoms. The number of hydrogen-bond acceptors (Lipinski definition) is 4. The van der Waals surface area contributed by atoms with Gasteiger partial charge in [-0.25, -0.2) is 0 Å². The normalized spacial score (nSPS) is 10.2. The molecule has 0 saturated carbocycles. The molecule has 0 aliphatic rings. The summed E-state index contributed by atoms with van der Waals surface area (Å²) >= 11 is 0. The van der Waals surface area contributed by atoms with Crippen LogP contribution in [0.4, 0.5) is 11.5 Å². The highest BCUT2D eigenvalue weighted by molar-refractivity contribution is 5.60. The quantitative estimate of drug-likeness (QED) is 0.625. The summed E-state index contributed by atoms with van der Waals surface area (Å²) in [5.41, 5.74) is 2.09. The molecular formula is C11H12N4O2. The number of aromatic amines is 1. The number of nitro groups is 1. The fraction of sp³-hybridized carbons (Fsp3) is 0.182. The average molecular weight is 232 g/mol. The lowest BCUT2D eigenvalue weighted by atomic mass is 10.2. The molecular weight excluding hydrogens is 220 g/mol. The summed E-state index contributed by atoms with van der Waals surface area (Å²) in [5, 5.41) is 20.0. The molecule has 0 fully saturated rings. The van der Waals surface area contributed by atoms with Crippen LogP contribution in [-0.4, -0.2) is 15.1 Å². The van der Waals surface area contributed by atoms with Crippen molar-refractivity contribution in [2.75, 3.05) is 5.32 Å². The van der Waals surface area contributed by atoms with E-state index in [0.717, 1.165) is 5.56 Å². The molecule has 1 aromatic carbocycles. The Balaban J connectivity index is 2.14. The van der Waals surface area contributed by atoms with Gasteiger partial charge in [0.1, 0.15) is 5.69 Å². The Morgan fingerprint density at radius 1 is 1.41 bits per heavy atom. The third kappa shape index (κ3) is 2.41. The first kappa shape index (κ1) is 11.1. The number of nitrogens with one attached hydrogen (secondary N) is 2. The molecule has 2 aromatic rings. The standard InChI is InChI=1S/C11H12N4O2/c1-8-10(11(14-13-8)15(16)17)12-7-9-5-3-2-4-6-9/h2-6,12H,7H2,1H3,(H,13,14). The average Bonchev–Trinajstić information content (AvgIpc) is 2.69. The molecule has 6 heteroatoms. The van der Waals surface area contributed by atoms with Crippen LogP contribution in [0.15, 0.2) is 30.3 Å². The molecule has 0 atom stereocenters. The molecule has 0 aliphatic heterocycles. The lowest BCUT2D eigenvalue weighted by Gasteiger charge is -2.04. The van der Waals surface area contributed by atoms with E-state index >= 15 is 0 Å². The molecule has 2 N–H and O–H groups in total. The van der Waals surface area contributed by atoms with Crippen LogP contribution in [0.3, 0.4) is 0 Å². The third-order valence-corrected chi connectivity index (χ3v) is 2.42. The Morgan fingerprint density at radius 2 is 2.12 bits per heavy atom. The fourth-order valence-electron chi connectivity index (χ4n) is 1.55. The van der Waals surface area contributed by atoms with Gasteiger partial charge in [0.2, 0.25) is 0 Å². The fourth-order valence-corrected chi connectivity index (χ4v) is 1.55. The molecule has 2 rings (SSSR count). The minimum absolute atomic E-state index is 0.0987. The third-order valence-electron chi connectivity index (χ3n) is 2.42. The Labute approximate surface area is 97.8 Å². The van der Waals surface area contributed by atoms with Crippen LogP contribution in [-0.2, 0) is 6.54 Å². The summed E-state index contributed by atoms with van der Waals surface area (Å²) in [6, 6.07) is 9.68. The summed E-state index contributed by atoms with van der Waals surface area (Å²) in [7, 11) is 0. The van der Waals surface area contributed by atoms with E-state index in [1.807, 2.05) is 30.3 Å². The van der Waals surface area contributed by atoms with Gasteiger partial charge < -0.3 is 15.4 Å². The maximum absolute atomic E-state index is 10.7. The number of benzene rings is 1. The maximum atomic E-state index is 10.7. The monoisotopic (exact) mass is 232 g/mol. The molecule has 1 aromatic heterocycles. The summed E-state index contributed by atoms with van der Waals surface area (Å²) in [6.45, 7) is 2.25. The molecule has 0 radical (unpaired) electrons. The highest BCUT2D eigenvalue weighted by Crippen LogP contribution is 2.24. The summed E-state index contributed by atoms with van der Waals surface area (Å²) in [5.74, 6) is -0.0987. The summed E-state index contributed by atoms with van der Waals surface area (Å²) < 4.78 is 0. The van der Waals surface area contributed by atoms with Crippen LogP contribution >= 0.6 is 0 Å². The van der Waals surface area contributed by atoms with Crippen LogP contribution < -0.4 is 5.32 Å². The van der Waals surface area contributed by atoms with Crippen molar-refractivity contribution in [1.29, 1.82) is 0 Å². The molecule has 0 saturated heterocycles. The second-order valence-corrected chi connectivity index (χ2v) is 3.63. The van der Waals surface area contributed by atoms with Gasteiger partial charge >= 0.3 is 5.82 Å². The number of hydrogen-bond donors (Lipinski definition) is 2. The van der Waals surface area contributed by atoms with Crippen molar-refractivity contribution < 1.29 is 4.92 Å². The van der Waals surface area contributed by atoms with Crippen molar-refractivity contribution in [3.8, 4) is 0 Å². The highest BCUT2D eigenvalue weighted by Gasteiger charge is 2.18. The first-order valence-corrected chi connectivity index (χ1v) is 5.15. The molecule has 0 amide bonds. The molecule has 0 bridgehead atoms. The van der Waals surface area contributed by atoms with Gasteiger partial charge in [0.05, 0.1) is 0 Å². The van der Waals surface area contributed by atoms with Crippen LogP contribution in [0.1, 0.15) is 11.3 Å². The minimum Gasteiger partial charge on any atom is -0.373 e. The highest BCUT2D eigenvalue weighted by atomic mass is 16.6. The summed E-state index contributed by atoms with van der Waals surface area (Å²) in [6.07, 6.45) is 0. The number of H-pyrrole nitrogens is 1. The van der Waals surface area contributed by atoms with E-state index in [0.29, 0.717) is 17.9 Å². The number of aromatic nitrogens is 2. The van der Waals surface area contributed by atoms with Gasteiger partial charge in [0.15, 0.2) is 5.69 Å². The van der Waals surface area contributed by atoms with Gasteiger partial charge in [0.25, 0.3) is 0 Å². The molecule has 0 unspecified atom stereocenters. The number of nitrogens with zero attached hydrogens (tertiary/aromatic N) is 2. The van der Waals surface area contributed by atoms with Crippen molar-refractivity contribution >= 4 is 11.5 Å². The molecule has 6 nitrogen and oxygen atoms in total. The van der Waals surface area contributed by atoms with Crippen LogP contribution in [0, 0.1) is 17.0 Å². The Kier molecular flexibility index (Phi) is 3.04. The van der Waals surface area contributed by atoms with E-state index in [1.54, 1.807) is 6.92 Å². The molecule has 0 aliphatic carbocycles. The number of aryl methyl sites for hydroxylation is 1. The Morgan fingerprint density at radius 3 is 2.76 bits per heavy atom. The van der Waals surface area contributed by atoms with E-state index in [1.165, 1.54) is 0 Å². The van der Waals surface area contributed by atoms with Gasteiger partial charge in [-0.05, 0) is 17.4 Å². The van der Waals surface area contributed by atoms with E-state index in [2.05, 4.69) is 15.5 Å². The van der Waals surface area contributed by atoms with Crippen molar-refractivity contribution in [2.24, 2.45) is 0 Å². The van der Waals surface area contributed by atoms with Crippen LogP contribution in [0.5, 0.6) is 0 Å². The number of rotatable bonds is 4. The molecule has 88 valence electrons. The zero-order valence-corrected chi connectivity index (χ0v) is 9.30. The van der Waals surface area contributed by atoms with Crippen LogP contribution in [0.25, 0.3) is 0 Å². The largest absolute Gasteiger partial charge is 0.373 e. The first-order valence-electron chi connectivity index (χ1n) is 5.15. The SMILES string of the molecule is Cc1n[nH]c([N+](=O)[O-])c1NCc1ccccc1. The second-order valence-electron chi connectivity index (χ2n) is 3.63. The van der Waals surface area contributed by atoms with Crippen molar-refractivity contribution in [3.63, 3.8) is 0 Å². The Bertz CT molecular complexity index is 522. The van der Waals surface area contributed by atoms with Gasteiger partial charge in [0, 0.05) is 6.54 Å². The van der Waals surface area contributed by atoms with Crippen LogP contribution in [0.2, 0.25) is 0 Å². The topological polar surface area (TPSA) is 83.8 Å². The minimum atomic E-state index is -0.479. The van der Waals surface area contributed by atoms with E-state index < -0.39 is 4.92 Å². The lowest BCUT2D eigenvalue weighted by molar-refractivity contribution is -0.388. The van der Waals surface area contributed by atoms with Crippen molar-refractivity contribution in [3.05, 3.63) is 51.7 Å². The maximum Gasteiger partial charge on any atom is 0.366 e. The van der Waals surface area contributed by atoms with E-state index in [-0.39, 0.29) is 5.82 Å². The van der Waals surface area contributed by atoms with Crippen molar-refractivity contribution in [2.45, 2.75) is 13.5 Å². The predicted octanol–water partition coefficient (Wildman–Crippen LogP) is 2.24.